The molecule has 0 spiro atoms. The first kappa shape index (κ1) is 21.0. The Morgan fingerprint density at radius 3 is 2.23 bits per heavy atom. The van der Waals surface area contributed by atoms with Crippen LogP contribution in [0.4, 0.5) is 0 Å². The summed E-state index contributed by atoms with van der Waals surface area (Å²) in [6.07, 6.45) is 1.64. The summed E-state index contributed by atoms with van der Waals surface area (Å²) < 4.78 is 6.54. The summed E-state index contributed by atoms with van der Waals surface area (Å²) >= 11 is 3.43. The molecule has 0 unspecified atom stereocenters. The van der Waals surface area contributed by atoms with Gasteiger partial charge in [-0.3, -0.25) is 4.79 Å². The molecule has 1 heterocycles. The lowest BCUT2D eigenvalue weighted by Crippen LogP contribution is -2.30. The van der Waals surface area contributed by atoms with E-state index < -0.39 is 6.04 Å². The van der Waals surface area contributed by atoms with Gasteiger partial charge in [0.2, 0.25) is 17.6 Å². The molecule has 31 heavy (non-hydrogen) atoms. The van der Waals surface area contributed by atoms with Gasteiger partial charge in [-0.25, -0.2) is 0 Å². The van der Waals surface area contributed by atoms with Gasteiger partial charge in [-0.1, -0.05) is 81.8 Å². The monoisotopic (exact) mass is 475 g/mol. The molecule has 156 valence electrons. The van der Waals surface area contributed by atoms with Crippen molar-refractivity contribution in [3.63, 3.8) is 0 Å². The molecule has 0 radical (unpaired) electrons. The molecule has 1 N–H and O–H groups in total. The summed E-state index contributed by atoms with van der Waals surface area (Å²) in [6, 6.07) is 27.2. The third-order valence-electron chi connectivity index (χ3n) is 4.94. The zero-order valence-electron chi connectivity index (χ0n) is 16.9. The van der Waals surface area contributed by atoms with Crippen molar-refractivity contribution in [3.8, 4) is 11.4 Å². The van der Waals surface area contributed by atoms with E-state index in [1.807, 2.05) is 84.9 Å². The van der Waals surface area contributed by atoms with Crippen molar-refractivity contribution in [2.75, 3.05) is 0 Å². The third kappa shape index (κ3) is 5.89. The summed E-state index contributed by atoms with van der Waals surface area (Å²) in [4.78, 5) is 17.3. The molecule has 0 saturated heterocycles. The SMILES string of the molecule is O=C(CCc1ccccc1)N[C@H](Cc1ccccc1)c1nc(-c2ccc(Br)cc2)no1. The molecule has 0 saturated carbocycles. The number of benzene rings is 3. The molecular formula is C25H22BrN3O2. The molecule has 4 aromatic rings. The van der Waals surface area contributed by atoms with Crippen LogP contribution in [0.1, 0.15) is 29.5 Å². The van der Waals surface area contributed by atoms with Gasteiger partial charge in [-0.2, -0.15) is 4.98 Å². The molecule has 5 nitrogen and oxygen atoms in total. The average Bonchev–Trinajstić information content (AvgIpc) is 3.29. The van der Waals surface area contributed by atoms with Crippen LogP contribution in [0.2, 0.25) is 0 Å². The molecular weight excluding hydrogens is 454 g/mol. The van der Waals surface area contributed by atoms with E-state index in [4.69, 9.17) is 4.52 Å². The maximum Gasteiger partial charge on any atom is 0.249 e. The summed E-state index contributed by atoms with van der Waals surface area (Å²) in [7, 11) is 0. The maximum absolute atomic E-state index is 12.7. The number of carbonyl (C=O) groups is 1. The molecule has 0 fully saturated rings. The second-order valence-corrected chi connectivity index (χ2v) is 8.17. The van der Waals surface area contributed by atoms with Crippen molar-refractivity contribution in [2.24, 2.45) is 0 Å². The summed E-state index contributed by atoms with van der Waals surface area (Å²) in [6.45, 7) is 0. The fourth-order valence-electron chi connectivity index (χ4n) is 3.31. The van der Waals surface area contributed by atoms with Crippen molar-refractivity contribution in [2.45, 2.75) is 25.3 Å². The quantitative estimate of drug-likeness (QED) is 0.363. The molecule has 0 aliphatic rings. The Balaban J connectivity index is 1.50. The number of rotatable bonds is 8. The largest absolute Gasteiger partial charge is 0.344 e. The van der Waals surface area contributed by atoms with Gasteiger partial charge in [0.25, 0.3) is 0 Å². The Morgan fingerprint density at radius 2 is 1.55 bits per heavy atom. The zero-order chi connectivity index (χ0) is 21.5. The number of nitrogens with zero attached hydrogens (tertiary/aromatic N) is 2. The Hall–Kier alpha value is -3.25. The van der Waals surface area contributed by atoms with E-state index >= 15 is 0 Å². The van der Waals surface area contributed by atoms with Crippen LogP contribution in [-0.4, -0.2) is 16.0 Å². The van der Waals surface area contributed by atoms with E-state index in [0.717, 1.165) is 21.2 Å². The average molecular weight is 476 g/mol. The van der Waals surface area contributed by atoms with Crippen molar-refractivity contribution in [1.29, 1.82) is 0 Å². The number of hydrogen-bond acceptors (Lipinski definition) is 4. The fourth-order valence-corrected chi connectivity index (χ4v) is 3.58. The van der Waals surface area contributed by atoms with Crippen LogP contribution in [-0.2, 0) is 17.6 Å². The van der Waals surface area contributed by atoms with Crippen LogP contribution in [0.3, 0.4) is 0 Å². The summed E-state index contributed by atoms with van der Waals surface area (Å²) in [5.74, 6) is 0.849. The smallest absolute Gasteiger partial charge is 0.249 e. The molecule has 0 aliphatic heterocycles. The van der Waals surface area contributed by atoms with E-state index in [2.05, 4.69) is 31.4 Å². The lowest BCUT2D eigenvalue weighted by Gasteiger charge is -2.15. The molecule has 0 bridgehead atoms. The van der Waals surface area contributed by atoms with E-state index in [9.17, 15) is 4.79 Å². The van der Waals surface area contributed by atoms with Gasteiger partial charge >= 0.3 is 0 Å². The van der Waals surface area contributed by atoms with Crippen LogP contribution in [0, 0.1) is 0 Å². The van der Waals surface area contributed by atoms with Gasteiger partial charge in [-0.05, 0) is 41.8 Å². The van der Waals surface area contributed by atoms with Crippen LogP contribution in [0.5, 0.6) is 0 Å². The van der Waals surface area contributed by atoms with Crippen molar-refractivity contribution in [1.82, 2.24) is 15.5 Å². The van der Waals surface area contributed by atoms with E-state index in [-0.39, 0.29) is 5.91 Å². The Morgan fingerprint density at radius 1 is 0.903 bits per heavy atom. The molecule has 4 rings (SSSR count). The lowest BCUT2D eigenvalue weighted by molar-refractivity contribution is -0.122. The standard InChI is InChI=1S/C25H22BrN3O2/c26-21-14-12-20(13-15-21)24-28-25(31-29-24)22(17-19-9-5-2-6-10-19)27-23(30)16-11-18-7-3-1-4-8-18/h1-10,12-15,22H,11,16-17H2,(H,27,30)/t22-/m1/s1. The minimum Gasteiger partial charge on any atom is -0.344 e. The van der Waals surface area contributed by atoms with Crippen LogP contribution in [0.15, 0.2) is 93.9 Å². The maximum atomic E-state index is 12.7. The number of halogens is 1. The minimum absolute atomic E-state index is 0.0480. The van der Waals surface area contributed by atoms with Gasteiger partial charge in [0.05, 0.1) is 0 Å². The predicted molar refractivity (Wildman–Crippen MR) is 123 cm³/mol. The van der Waals surface area contributed by atoms with Gasteiger partial charge < -0.3 is 9.84 Å². The second kappa shape index (κ2) is 10.2. The first-order valence-corrected chi connectivity index (χ1v) is 10.9. The molecule has 0 aliphatic carbocycles. The molecule has 1 atom stereocenters. The Kier molecular flexibility index (Phi) is 6.89. The zero-order valence-corrected chi connectivity index (χ0v) is 18.5. The van der Waals surface area contributed by atoms with Crippen molar-refractivity contribution >= 4 is 21.8 Å². The van der Waals surface area contributed by atoms with E-state index in [1.54, 1.807) is 0 Å². The number of amides is 1. The van der Waals surface area contributed by atoms with E-state index in [1.165, 1.54) is 0 Å². The normalized spacial score (nSPS) is 11.8. The van der Waals surface area contributed by atoms with Crippen molar-refractivity contribution < 1.29 is 9.32 Å². The van der Waals surface area contributed by atoms with Gasteiger partial charge in [0.1, 0.15) is 6.04 Å². The highest BCUT2D eigenvalue weighted by molar-refractivity contribution is 9.10. The third-order valence-corrected chi connectivity index (χ3v) is 5.47. The van der Waals surface area contributed by atoms with Gasteiger partial charge in [0, 0.05) is 22.9 Å². The topological polar surface area (TPSA) is 68.0 Å². The molecule has 1 amide bonds. The van der Waals surface area contributed by atoms with Crippen LogP contribution in [0.25, 0.3) is 11.4 Å². The number of hydrogen-bond donors (Lipinski definition) is 1. The second-order valence-electron chi connectivity index (χ2n) is 7.26. The first-order chi connectivity index (χ1) is 15.2. The lowest BCUT2D eigenvalue weighted by atomic mass is 10.0. The molecule has 3 aromatic carbocycles. The van der Waals surface area contributed by atoms with Crippen molar-refractivity contribution in [3.05, 3.63) is 106 Å². The Bertz CT molecular complexity index is 1110. The highest BCUT2D eigenvalue weighted by Crippen LogP contribution is 2.23. The number of aromatic nitrogens is 2. The predicted octanol–water partition coefficient (Wildman–Crippen LogP) is 5.53. The highest BCUT2D eigenvalue weighted by Gasteiger charge is 2.22. The van der Waals surface area contributed by atoms with Gasteiger partial charge in [0.15, 0.2) is 0 Å². The minimum atomic E-state index is -0.401. The Labute approximate surface area is 189 Å². The van der Waals surface area contributed by atoms with Crippen LogP contribution < -0.4 is 5.32 Å². The number of nitrogens with one attached hydrogen (secondary N) is 1. The number of carbonyl (C=O) groups excluding carboxylic acids is 1. The number of aryl methyl sites for hydroxylation is 1. The van der Waals surface area contributed by atoms with Crippen LogP contribution >= 0.6 is 15.9 Å². The summed E-state index contributed by atoms with van der Waals surface area (Å²) in [5.41, 5.74) is 3.07. The summed E-state index contributed by atoms with van der Waals surface area (Å²) in [5, 5.41) is 7.21. The molecule has 6 heteroatoms. The first-order valence-electron chi connectivity index (χ1n) is 10.1. The fraction of sp³-hybridized carbons (Fsp3) is 0.160. The molecule has 1 aromatic heterocycles. The van der Waals surface area contributed by atoms with E-state index in [0.29, 0.717) is 31.0 Å². The highest BCUT2D eigenvalue weighted by atomic mass is 79.9. The van der Waals surface area contributed by atoms with Gasteiger partial charge in [-0.15, -0.1) is 0 Å².